The minimum atomic E-state index is -0.261. The van der Waals surface area contributed by atoms with E-state index in [-0.39, 0.29) is 18.2 Å². The summed E-state index contributed by atoms with van der Waals surface area (Å²) in [6.07, 6.45) is 0. The molecule has 1 aromatic carbocycles. The molecule has 1 aromatic rings. The Hall–Kier alpha value is -0.120. The van der Waals surface area contributed by atoms with E-state index in [2.05, 4.69) is 15.9 Å². The number of hydrogen-bond donors (Lipinski definition) is 1. The lowest BCUT2D eigenvalue weighted by Gasteiger charge is -1.99. The Bertz CT molecular complexity index is 242. The van der Waals surface area contributed by atoms with Crippen LogP contribution in [0.5, 0.6) is 0 Å². The van der Waals surface area contributed by atoms with Crippen molar-refractivity contribution in [2.45, 2.75) is 6.54 Å². The fourth-order valence-electron chi connectivity index (χ4n) is 0.706. The van der Waals surface area contributed by atoms with Crippen molar-refractivity contribution in [3.63, 3.8) is 0 Å². The molecule has 0 radical (unpaired) electrons. The summed E-state index contributed by atoms with van der Waals surface area (Å²) in [6.45, 7) is 0.359. The van der Waals surface area contributed by atoms with Gasteiger partial charge in [0.05, 0.1) is 4.47 Å². The molecule has 0 spiro atoms. The average molecular weight is 241 g/mol. The van der Waals surface area contributed by atoms with Crippen LogP contribution in [0.2, 0.25) is 0 Å². The van der Waals surface area contributed by atoms with Gasteiger partial charge in [-0.25, -0.2) is 4.39 Å². The largest absolute Gasteiger partial charge is 0.326 e. The molecular formula is C7H8BrClFN. The van der Waals surface area contributed by atoms with Crippen molar-refractivity contribution in [3.05, 3.63) is 34.1 Å². The van der Waals surface area contributed by atoms with Gasteiger partial charge in [0.25, 0.3) is 0 Å². The summed E-state index contributed by atoms with van der Waals surface area (Å²) in [4.78, 5) is 0. The molecule has 62 valence electrons. The van der Waals surface area contributed by atoms with E-state index in [9.17, 15) is 4.39 Å². The molecule has 0 bridgehead atoms. The number of nitrogens with two attached hydrogens (primary N) is 1. The molecular weight excluding hydrogens is 232 g/mol. The molecule has 1 rings (SSSR count). The zero-order valence-electron chi connectivity index (χ0n) is 5.68. The summed E-state index contributed by atoms with van der Waals surface area (Å²) in [7, 11) is 0. The van der Waals surface area contributed by atoms with Gasteiger partial charge in [0.15, 0.2) is 0 Å². The van der Waals surface area contributed by atoms with Crippen LogP contribution in [0.25, 0.3) is 0 Å². The van der Waals surface area contributed by atoms with E-state index in [1.165, 1.54) is 6.07 Å². The van der Waals surface area contributed by atoms with Crippen LogP contribution in [0.4, 0.5) is 4.39 Å². The first-order chi connectivity index (χ1) is 4.75. The zero-order chi connectivity index (χ0) is 7.56. The smallest absolute Gasteiger partial charge is 0.137 e. The maximum atomic E-state index is 12.7. The van der Waals surface area contributed by atoms with Crippen molar-refractivity contribution in [2.24, 2.45) is 5.73 Å². The van der Waals surface area contributed by atoms with Gasteiger partial charge >= 0.3 is 0 Å². The number of benzene rings is 1. The van der Waals surface area contributed by atoms with Crippen molar-refractivity contribution in [1.29, 1.82) is 0 Å². The fraction of sp³-hybridized carbons (Fsp3) is 0.143. The van der Waals surface area contributed by atoms with E-state index in [4.69, 9.17) is 5.73 Å². The maximum Gasteiger partial charge on any atom is 0.137 e. The highest BCUT2D eigenvalue weighted by Gasteiger charge is 2.01. The molecule has 0 fully saturated rings. The monoisotopic (exact) mass is 239 g/mol. The Morgan fingerprint density at radius 1 is 1.45 bits per heavy atom. The highest BCUT2D eigenvalue weighted by atomic mass is 79.9. The minimum absolute atomic E-state index is 0. The van der Waals surface area contributed by atoms with Crippen molar-refractivity contribution in [1.82, 2.24) is 0 Å². The van der Waals surface area contributed by atoms with E-state index in [1.807, 2.05) is 0 Å². The summed E-state index contributed by atoms with van der Waals surface area (Å²) in [5.74, 6) is -0.261. The lowest BCUT2D eigenvalue weighted by Crippen LogP contribution is -1.97. The van der Waals surface area contributed by atoms with Crippen molar-refractivity contribution >= 4 is 28.3 Å². The van der Waals surface area contributed by atoms with Gasteiger partial charge in [-0.05, 0) is 27.6 Å². The molecule has 0 aromatic heterocycles. The summed E-state index contributed by atoms with van der Waals surface area (Å²) in [5.41, 5.74) is 6.11. The summed E-state index contributed by atoms with van der Waals surface area (Å²) in [6, 6.07) is 4.82. The number of hydrogen-bond acceptors (Lipinski definition) is 1. The third kappa shape index (κ3) is 2.43. The maximum absolute atomic E-state index is 12.7. The molecule has 0 unspecified atom stereocenters. The molecule has 1 nitrogen and oxygen atoms in total. The van der Waals surface area contributed by atoms with Gasteiger partial charge < -0.3 is 5.73 Å². The lowest BCUT2D eigenvalue weighted by molar-refractivity contribution is 0.618. The molecule has 0 heterocycles. The van der Waals surface area contributed by atoms with Crippen LogP contribution in [0.15, 0.2) is 22.7 Å². The molecule has 2 N–H and O–H groups in total. The molecule has 0 aliphatic rings. The molecule has 0 aliphatic heterocycles. The van der Waals surface area contributed by atoms with Crippen molar-refractivity contribution < 1.29 is 4.39 Å². The second-order valence-corrected chi connectivity index (χ2v) is 2.71. The van der Waals surface area contributed by atoms with Gasteiger partial charge in [-0.2, -0.15) is 0 Å². The summed E-state index contributed by atoms with van der Waals surface area (Å²) >= 11 is 3.09. The Labute approximate surface area is 79.3 Å². The van der Waals surface area contributed by atoms with Gasteiger partial charge in [-0.15, -0.1) is 12.4 Å². The fourth-order valence-corrected chi connectivity index (χ4v) is 1.13. The van der Waals surface area contributed by atoms with Gasteiger partial charge in [-0.3, -0.25) is 0 Å². The molecule has 0 amide bonds. The topological polar surface area (TPSA) is 26.0 Å². The van der Waals surface area contributed by atoms with Crippen LogP contribution >= 0.6 is 28.3 Å². The van der Waals surface area contributed by atoms with Crippen LogP contribution in [0.3, 0.4) is 0 Å². The second-order valence-electron chi connectivity index (χ2n) is 1.92. The standard InChI is InChI=1S/C7H7BrFN.ClH/c8-7-5(4-10)2-1-3-6(7)9;/h1-3H,4,10H2;1H. The summed E-state index contributed by atoms with van der Waals surface area (Å²) < 4.78 is 13.1. The zero-order valence-corrected chi connectivity index (χ0v) is 8.08. The van der Waals surface area contributed by atoms with E-state index >= 15 is 0 Å². The first-order valence-electron chi connectivity index (χ1n) is 2.88. The van der Waals surface area contributed by atoms with Gasteiger partial charge in [0, 0.05) is 6.54 Å². The van der Waals surface area contributed by atoms with Gasteiger partial charge in [0.1, 0.15) is 5.82 Å². The quantitative estimate of drug-likeness (QED) is 0.802. The highest BCUT2D eigenvalue weighted by molar-refractivity contribution is 9.10. The predicted octanol–water partition coefficient (Wildman–Crippen LogP) is 2.47. The Balaban J connectivity index is 0.000001000. The van der Waals surface area contributed by atoms with Crippen LogP contribution in [0.1, 0.15) is 5.56 Å². The molecule has 11 heavy (non-hydrogen) atoms. The van der Waals surface area contributed by atoms with E-state index < -0.39 is 0 Å². The van der Waals surface area contributed by atoms with E-state index in [0.717, 1.165) is 5.56 Å². The Kier molecular flexibility index (Phi) is 4.65. The van der Waals surface area contributed by atoms with Crippen molar-refractivity contribution in [2.75, 3.05) is 0 Å². The van der Waals surface area contributed by atoms with Crippen LogP contribution in [-0.4, -0.2) is 0 Å². The summed E-state index contributed by atoms with van der Waals surface area (Å²) in [5, 5.41) is 0. The van der Waals surface area contributed by atoms with E-state index in [0.29, 0.717) is 11.0 Å². The molecule has 0 atom stereocenters. The predicted molar refractivity (Wildman–Crippen MR) is 49.2 cm³/mol. The van der Waals surface area contributed by atoms with Crippen LogP contribution in [0, 0.1) is 5.82 Å². The first kappa shape index (κ1) is 10.9. The van der Waals surface area contributed by atoms with E-state index in [1.54, 1.807) is 12.1 Å². The Morgan fingerprint density at radius 2 is 2.09 bits per heavy atom. The normalized spacial score (nSPS) is 9.00. The third-order valence-corrected chi connectivity index (χ3v) is 2.14. The van der Waals surface area contributed by atoms with Crippen LogP contribution in [-0.2, 0) is 6.54 Å². The lowest BCUT2D eigenvalue weighted by atomic mass is 10.2. The highest BCUT2D eigenvalue weighted by Crippen LogP contribution is 2.19. The second kappa shape index (κ2) is 4.70. The number of halogens is 3. The molecule has 0 saturated carbocycles. The first-order valence-corrected chi connectivity index (χ1v) is 3.68. The van der Waals surface area contributed by atoms with Crippen molar-refractivity contribution in [3.8, 4) is 0 Å². The average Bonchev–Trinajstić information content (AvgIpc) is 1.95. The minimum Gasteiger partial charge on any atom is -0.326 e. The van der Waals surface area contributed by atoms with Crippen LogP contribution < -0.4 is 5.73 Å². The third-order valence-electron chi connectivity index (χ3n) is 1.25. The number of rotatable bonds is 1. The molecule has 0 aliphatic carbocycles. The molecule has 0 saturated heterocycles. The van der Waals surface area contributed by atoms with Gasteiger partial charge in [0.2, 0.25) is 0 Å². The van der Waals surface area contributed by atoms with Gasteiger partial charge in [-0.1, -0.05) is 12.1 Å². The Morgan fingerprint density at radius 3 is 2.55 bits per heavy atom. The SMILES string of the molecule is Cl.NCc1cccc(F)c1Br. The molecule has 4 heteroatoms.